The molecule has 118 valence electrons. The zero-order valence-corrected chi connectivity index (χ0v) is 12.7. The zero-order chi connectivity index (χ0) is 16.2. The third-order valence-corrected chi connectivity index (χ3v) is 3.34. The molecule has 0 amide bonds. The van der Waals surface area contributed by atoms with Crippen LogP contribution in [0.5, 0.6) is 0 Å². The third kappa shape index (κ3) is 6.39. The van der Waals surface area contributed by atoms with Crippen molar-refractivity contribution in [3.63, 3.8) is 0 Å². The molecule has 1 aromatic carbocycles. The van der Waals surface area contributed by atoms with Crippen LogP contribution < -0.4 is 0 Å². The Labute approximate surface area is 131 Å². The predicted molar refractivity (Wildman–Crippen MR) is 84.9 cm³/mol. The number of benzene rings is 1. The summed E-state index contributed by atoms with van der Waals surface area (Å²) in [7, 11) is 0. The Kier molecular flexibility index (Phi) is 8.35. The Morgan fingerprint density at radius 1 is 0.955 bits per heavy atom. The van der Waals surface area contributed by atoms with E-state index in [0.717, 1.165) is 31.9 Å². The summed E-state index contributed by atoms with van der Waals surface area (Å²) in [5.74, 6) is -0.331. The Balaban J connectivity index is 0.000000220. The fourth-order valence-electron chi connectivity index (χ4n) is 2.23. The van der Waals surface area contributed by atoms with Crippen LogP contribution in [0.25, 0.3) is 0 Å². The second kappa shape index (κ2) is 10.4. The van der Waals surface area contributed by atoms with E-state index in [9.17, 15) is 9.59 Å². The van der Waals surface area contributed by atoms with Crippen LogP contribution in [0.3, 0.4) is 0 Å². The first-order chi connectivity index (χ1) is 10.7. The molecule has 1 aliphatic carbocycles. The monoisotopic (exact) mass is 302 g/mol. The van der Waals surface area contributed by atoms with Gasteiger partial charge in [0.25, 0.3) is 0 Å². The molecule has 1 aromatic rings. The van der Waals surface area contributed by atoms with Crippen LogP contribution >= 0.6 is 0 Å². The SMILES string of the molecule is C=COC(=O)C1CCCCC1.C=COC(=O)c1ccccc1. The molecule has 0 atom stereocenters. The van der Waals surface area contributed by atoms with Crippen molar-refractivity contribution in [2.45, 2.75) is 32.1 Å². The van der Waals surface area contributed by atoms with Gasteiger partial charge >= 0.3 is 11.9 Å². The number of hydrogen-bond acceptors (Lipinski definition) is 4. The summed E-state index contributed by atoms with van der Waals surface area (Å²) in [6, 6.07) is 8.77. The van der Waals surface area contributed by atoms with E-state index in [2.05, 4.69) is 17.9 Å². The molecule has 4 heteroatoms. The summed E-state index contributed by atoms with van der Waals surface area (Å²) in [6.07, 6.45) is 7.91. The van der Waals surface area contributed by atoms with Gasteiger partial charge in [-0.2, -0.15) is 0 Å². The van der Waals surface area contributed by atoms with Gasteiger partial charge in [-0.15, -0.1) is 0 Å². The number of rotatable bonds is 4. The molecule has 0 bridgehead atoms. The van der Waals surface area contributed by atoms with Gasteiger partial charge in [-0.1, -0.05) is 50.6 Å². The van der Waals surface area contributed by atoms with Gasteiger partial charge < -0.3 is 9.47 Å². The summed E-state index contributed by atoms with van der Waals surface area (Å²) >= 11 is 0. The van der Waals surface area contributed by atoms with E-state index in [4.69, 9.17) is 4.74 Å². The third-order valence-electron chi connectivity index (χ3n) is 3.34. The van der Waals surface area contributed by atoms with Crippen LogP contribution in [-0.4, -0.2) is 11.9 Å². The van der Waals surface area contributed by atoms with E-state index < -0.39 is 0 Å². The quantitative estimate of drug-likeness (QED) is 0.616. The minimum Gasteiger partial charge on any atom is -0.435 e. The summed E-state index contributed by atoms with van der Waals surface area (Å²) in [4.78, 5) is 22.1. The first-order valence-electron chi connectivity index (χ1n) is 7.37. The van der Waals surface area contributed by atoms with Crippen LogP contribution in [0.1, 0.15) is 42.5 Å². The second-order valence-corrected chi connectivity index (χ2v) is 4.88. The molecule has 4 nitrogen and oxygen atoms in total. The molecular formula is C18H22O4. The van der Waals surface area contributed by atoms with Gasteiger partial charge in [0.15, 0.2) is 0 Å². The maximum atomic E-state index is 11.1. The standard InChI is InChI=1S/C9H14O2.C9H8O2/c2*1-2-11-9(10)8-6-4-3-5-7-8/h2,8H,1,3-7H2;2-7H,1H2. The van der Waals surface area contributed by atoms with E-state index in [1.807, 2.05) is 6.07 Å². The highest BCUT2D eigenvalue weighted by molar-refractivity contribution is 5.89. The van der Waals surface area contributed by atoms with Crippen molar-refractivity contribution in [1.82, 2.24) is 0 Å². The number of ether oxygens (including phenoxy) is 2. The molecule has 1 fully saturated rings. The smallest absolute Gasteiger partial charge is 0.342 e. The lowest BCUT2D eigenvalue weighted by Gasteiger charge is -2.18. The van der Waals surface area contributed by atoms with Gasteiger partial charge in [0.1, 0.15) is 0 Å². The molecule has 0 saturated heterocycles. The predicted octanol–water partition coefficient (Wildman–Crippen LogP) is 4.24. The molecule has 0 unspecified atom stereocenters. The lowest BCUT2D eigenvalue weighted by Crippen LogP contribution is -2.18. The summed E-state index contributed by atoms with van der Waals surface area (Å²) < 4.78 is 9.26. The zero-order valence-electron chi connectivity index (χ0n) is 12.7. The van der Waals surface area contributed by atoms with Gasteiger partial charge in [0.05, 0.1) is 24.0 Å². The van der Waals surface area contributed by atoms with Crippen LogP contribution in [-0.2, 0) is 14.3 Å². The van der Waals surface area contributed by atoms with Gasteiger partial charge in [-0.05, 0) is 25.0 Å². The van der Waals surface area contributed by atoms with Crippen LogP contribution in [0.2, 0.25) is 0 Å². The Morgan fingerprint density at radius 2 is 1.55 bits per heavy atom. The molecule has 0 spiro atoms. The summed E-state index contributed by atoms with van der Waals surface area (Å²) in [5, 5.41) is 0. The van der Waals surface area contributed by atoms with Gasteiger partial charge in [0, 0.05) is 0 Å². The molecule has 22 heavy (non-hydrogen) atoms. The highest BCUT2D eigenvalue weighted by Gasteiger charge is 2.21. The minimum atomic E-state index is -0.374. The maximum Gasteiger partial charge on any atom is 0.342 e. The molecule has 1 aliphatic rings. The molecular weight excluding hydrogens is 280 g/mol. The average molecular weight is 302 g/mol. The van der Waals surface area contributed by atoms with Crippen molar-refractivity contribution in [2.24, 2.45) is 5.92 Å². The molecule has 1 saturated carbocycles. The highest BCUT2D eigenvalue weighted by atomic mass is 16.5. The Morgan fingerprint density at radius 3 is 2.09 bits per heavy atom. The number of carbonyl (C=O) groups is 2. The van der Waals surface area contributed by atoms with Gasteiger partial charge in [-0.25, -0.2) is 4.79 Å². The first-order valence-corrected chi connectivity index (χ1v) is 7.37. The fraction of sp³-hybridized carbons (Fsp3) is 0.333. The van der Waals surface area contributed by atoms with E-state index in [0.29, 0.717) is 5.56 Å². The molecule has 0 heterocycles. The number of esters is 2. The van der Waals surface area contributed by atoms with Crippen LogP contribution in [0, 0.1) is 5.92 Å². The van der Waals surface area contributed by atoms with E-state index in [1.54, 1.807) is 24.3 Å². The van der Waals surface area contributed by atoms with E-state index >= 15 is 0 Å². The normalized spacial score (nSPS) is 14.0. The van der Waals surface area contributed by atoms with Crippen molar-refractivity contribution in [2.75, 3.05) is 0 Å². The molecule has 0 aromatic heterocycles. The first kappa shape index (κ1) is 17.7. The lowest BCUT2D eigenvalue weighted by atomic mass is 9.89. The minimum absolute atomic E-state index is 0.0975. The van der Waals surface area contributed by atoms with Crippen LogP contribution in [0.4, 0.5) is 0 Å². The van der Waals surface area contributed by atoms with Crippen LogP contribution in [0.15, 0.2) is 56.0 Å². The molecule has 0 N–H and O–H groups in total. The van der Waals surface area contributed by atoms with E-state index in [1.165, 1.54) is 12.7 Å². The molecule has 0 radical (unpaired) electrons. The fourth-order valence-corrected chi connectivity index (χ4v) is 2.23. The summed E-state index contributed by atoms with van der Waals surface area (Å²) in [6.45, 7) is 6.64. The lowest BCUT2D eigenvalue weighted by molar-refractivity contribution is -0.143. The largest absolute Gasteiger partial charge is 0.435 e. The van der Waals surface area contributed by atoms with Gasteiger partial charge in [-0.3, -0.25) is 4.79 Å². The van der Waals surface area contributed by atoms with Crippen molar-refractivity contribution in [3.05, 3.63) is 61.6 Å². The number of carbonyl (C=O) groups excluding carboxylic acids is 2. The highest BCUT2D eigenvalue weighted by Crippen LogP contribution is 2.24. The van der Waals surface area contributed by atoms with E-state index in [-0.39, 0.29) is 17.9 Å². The Hall–Kier alpha value is -2.36. The van der Waals surface area contributed by atoms with Crippen molar-refractivity contribution in [1.29, 1.82) is 0 Å². The maximum absolute atomic E-state index is 11.1. The molecule has 2 rings (SSSR count). The van der Waals surface area contributed by atoms with Crippen molar-refractivity contribution >= 4 is 11.9 Å². The van der Waals surface area contributed by atoms with Gasteiger partial charge in [0.2, 0.25) is 0 Å². The Bertz CT molecular complexity index is 487. The van der Waals surface area contributed by atoms with Crippen molar-refractivity contribution in [3.8, 4) is 0 Å². The summed E-state index contributed by atoms with van der Waals surface area (Å²) in [5.41, 5.74) is 0.535. The van der Waals surface area contributed by atoms with Crippen molar-refractivity contribution < 1.29 is 19.1 Å². The number of hydrogen-bond donors (Lipinski definition) is 0. The average Bonchev–Trinajstić information content (AvgIpc) is 2.57. The second-order valence-electron chi connectivity index (χ2n) is 4.88. The topological polar surface area (TPSA) is 52.6 Å². The molecule has 0 aliphatic heterocycles.